The van der Waals surface area contributed by atoms with Crippen LogP contribution in [0.25, 0.3) is 0 Å². The van der Waals surface area contributed by atoms with Crippen LogP contribution in [0, 0.1) is 6.92 Å². The quantitative estimate of drug-likeness (QED) is 0.709. The second-order valence-corrected chi connectivity index (χ2v) is 4.35. The van der Waals surface area contributed by atoms with E-state index < -0.39 is 0 Å². The lowest BCUT2D eigenvalue weighted by Crippen LogP contribution is -2.17. The number of nitrogens with zero attached hydrogens (tertiary/aromatic N) is 3. The first-order valence-electron chi connectivity index (χ1n) is 6.20. The molecule has 6 nitrogen and oxygen atoms in total. The van der Waals surface area contributed by atoms with Crippen LogP contribution in [0.4, 0.5) is 11.5 Å². The molecule has 0 spiro atoms. The lowest BCUT2D eigenvalue weighted by molar-refractivity contribution is 0.327. The number of aryl methyl sites for hydroxylation is 1. The highest BCUT2D eigenvalue weighted by Gasteiger charge is 2.10. The number of aromatic nitrogens is 2. The third-order valence-electron chi connectivity index (χ3n) is 2.38. The molecule has 1 heterocycles. The van der Waals surface area contributed by atoms with Gasteiger partial charge in [-0.1, -0.05) is 0 Å². The van der Waals surface area contributed by atoms with Crippen molar-refractivity contribution in [1.82, 2.24) is 14.9 Å². The highest BCUT2D eigenvalue weighted by Crippen LogP contribution is 2.25. The summed E-state index contributed by atoms with van der Waals surface area (Å²) in [7, 11) is 4.10. The van der Waals surface area contributed by atoms with Gasteiger partial charge in [0.15, 0.2) is 5.82 Å². The lowest BCUT2D eigenvalue weighted by atomic mass is 10.3. The Balaban J connectivity index is 2.64. The van der Waals surface area contributed by atoms with Crippen molar-refractivity contribution in [3.8, 4) is 5.88 Å². The molecule has 1 aromatic heterocycles. The first kappa shape index (κ1) is 14.5. The van der Waals surface area contributed by atoms with Gasteiger partial charge in [0, 0.05) is 6.54 Å². The van der Waals surface area contributed by atoms with Gasteiger partial charge in [-0.3, -0.25) is 0 Å². The van der Waals surface area contributed by atoms with Gasteiger partial charge in [0.25, 0.3) is 0 Å². The van der Waals surface area contributed by atoms with Crippen molar-refractivity contribution in [2.24, 2.45) is 0 Å². The molecular formula is C12H23N5O. The Kier molecular flexibility index (Phi) is 5.64. The molecule has 0 bridgehead atoms. The second kappa shape index (κ2) is 7.00. The highest BCUT2D eigenvalue weighted by molar-refractivity contribution is 5.66. The molecule has 0 fully saturated rings. The molecule has 0 saturated heterocycles. The summed E-state index contributed by atoms with van der Waals surface area (Å²) < 4.78 is 5.38. The summed E-state index contributed by atoms with van der Waals surface area (Å²) in [6.45, 7) is 6.12. The first-order valence-corrected chi connectivity index (χ1v) is 6.20. The van der Waals surface area contributed by atoms with Crippen LogP contribution in [0.2, 0.25) is 0 Å². The van der Waals surface area contributed by atoms with E-state index in [0.717, 1.165) is 19.5 Å². The van der Waals surface area contributed by atoms with Crippen LogP contribution in [-0.4, -0.2) is 48.7 Å². The SMILES string of the molecule is CCOc1nc(C)nc(NCCCN(C)C)c1N. The molecule has 3 N–H and O–H groups in total. The van der Waals surface area contributed by atoms with Crippen LogP contribution >= 0.6 is 0 Å². The normalized spacial score (nSPS) is 10.7. The molecule has 0 aliphatic carbocycles. The van der Waals surface area contributed by atoms with Crippen LogP contribution in [-0.2, 0) is 0 Å². The number of anilines is 2. The van der Waals surface area contributed by atoms with Crippen LogP contribution < -0.4 is 15.8 Å². The van der Waals surface area contributed by atoms with Crippen LogP contribution in [0.15, 0.2) is 0 Å². The molecule has 0 atom stereocenters. The summed E-state index contributed by atoms with van der Waals surface area (Å²) in [6.07, 6.45) is 1.03. The zero-order valence-electron chi connectivity index (χ0n) is 11.7. The lowest BCUT2D eigenvalue weighted by Gasteiger charge is -2.13. The van der Waals surface area contributed by atoms with Crippen molar-refractivity contribution in [1.29, 1.82) is 0 Å². The van der Waals surface area contributed by atoms with E-state index in [4.69, 9.17) is 10.5 Å². The molecule has 18 heavy (non-hydrogen) atoms. The standard InChI is InChI=1S/C12H23N5O/c1-5-18-12-10(13)11(15-9(2)16-12)14-7-6-8-17(3)4/h5-8,13H2,1-4H3,(H,14,15,16). The summed E-state index contributed by atoms with van der Waals surface area (Å²) in [5, 5.41) is 3.23. The summed E-state index contributed by atoms with van der Waals surface area (Å²) in [5.74, 6) is 1.77. The third-order valence-corrected chi connectivity index (χ3v) is 2.38. The minimum absolute atomic E-state index is 0.458. The summed E-state index contributed by atoms with van der Waals surface area (Å²) in [6, 6.07) is 0. The Labute approximate surface area is 109 Å². The maximum Gasteiger partial charge on any atom is 0.242 e. The van der Waals surface area contributed by atoms with E-state index in [1.165, 1.54) is 0 Å². The fourth-order valence-corrected chi connectivity index (χ4v) is 1.54. The molecule has 1 aromatic rings. The second-order valence-electron chi connectivity index (χ2n) is 4.35. The van der Waals surface area contributed by atoms with E-state index in [9.17, 15) is 0 Å². The maximum atomic E-state index is 5.96. The topological polar surface area (TPSA) is 76.3 Å². The van der Waals surface area contributed by atoms with Gasteiger partial charge < -0.3 is 20.7 Å². The van der Waals surface area contributed by atoms with Crippen LogP contribution in [0.5, 0.6) is 5.88 Å². The van der Waals surface area contributed by atoms with Crippen molar-refractivity contribution in [2.75, 3.05) is 44.8 Å². The number of rotatable bonds is 7. The van der Waals surface area contributed by atoms with Crippen LogP contribution in [0.3, 0.4) is 0 Å². The van der Waals surface area contributed by atoms with Crippen molar-refractivity contribution in [3.63, 3.8) is 0 Å². The van der Waals surface area contributed by atoms with Gasteiger partial charge in [-0.15, -0.1) is 0 Å². The molecule has 0 unspecified atom stereocenters. The average molecular weight is 253 g/mol. The number of hydrogen-bond donors (Lipinski definition) is 2. The molecule has 6 heteroatoms. The smallest absolute Gasteiger partial charge is 0.242 e. The molecule has 0 amide bonds. The third kappa shape index (κ3) is 4.37. The predicted octanol–water partition coefficient (Wildman–Crippen LogP) is 1.13. The summed E-state index contributed by atoms with van der Waals surface area (Å²) >= 11 is 0. The molecule has 0 aliphatic heterocycles. The van der Waals surface area contributed by atoms with Gasteiger partial charge >= 0.3 is 0 Å². The van der Waals surface area contributed by atoms with E-state index in [2.05, 4.69) is 34.3 Å². The van der Waals surface area contributed by atoms with E-state index >= 15 is 0 Å². The zero-order valence-corrected chi connectivity index (χ0v) is 11.7. The minimum Gasteiger partial charge on any atom is -0.476 e. The molecule has 0 radical (unpaired) electrons. The van der Waals surface area contributed by atoms with Gasteiger partial charge in [0.05, 0.1) is 6.61 Å². The van der Waals surface area contributed by atoms with Gasteiger partial charge in [-0.25, -0.2) is 4.98 Å². The fourth-order valence-electron chi connectivity index (χ4n) is 1.54. The van der Waals surface area contributed by atoms with Crippen molar-refractivity contribution < 1.29 is 4.74 Å². The number of ether oxygens (including phenoxy) is 1. The average Bonchev–Trinajstić information content (AvgIpc) is 2.30. The zero-order chi connectivity index (χ0) is 13.5. The molecular weight excluding hydrogens is 230 g/mol. The Morgan fingerprint density at radius 1 is 1.33 bits per heavy atom. The number of nitrogens with one attached hydrogen (secondary N) is 1. The first-order chi connectivity index (χ1) is 8.54. The minimum atomic E-state index is 0.458. The van der Waals surface area contributed by atoms with E-state index in [-0.39, 0.29) is 0 Å². The summed E-state index contributed by atoms with van der Waals surface area (Å²) in [5.41, 5.74) is 6.44. The van der Waals surface area contributed by atoms with Crippen LogP contribution in [0.1, 0.15) is 19.2 Å². The number of hydrogen-bond acceptors (Lipinski definition) is 6. The van der Waals surface area contributed by atoms with Gasteiger partial charge in [0.2, 0.25) is 5.88 Å². The van der Waals surface area contributed by atoms with Crippen molar-refractivity contribution in [2.45, 2.75) is 20.3 Å². The fraction of sp³-hybridized carbons (Fsp3) is 0.667. The van der Waals surface area contributed by atoms with Gasteiger partial charge in [0.1, 0.15) is 11.5 Å². The van der Waals surface area contributed by atoms with E-state index in [0.29, 0.717) is 29.8 Å². The monoisotopic (exact) mass is 253 g/mol. The number of nitrogen functional groups attached to an aromatic ring is 1. The van der Waals surface area contributed by atoms with Crippen molar-refractivity contribution >= 4 is 11.5 Å². The molecule has 1 rings (SSSR count). The summed E-state index contributed by atoms with van der Waals surface area (Å²) in [4.78, 5) is 10.6. The Morgan fingerprint density at radius 2 is 2.06 bits per heavy atom. The van der Waals surface area contributed by atoms with Crippen molar-refractivity contribution in [3.05, 3.63) is 5.82 Å². The molecule has 0 aliphatic rings. The Bertz CT molecular complexity index is 381. The number of nitrogens with two attached hydrogens (primary N) is 1. The molecule has 102 valence electrons. The molecule has 0 saturated carbocycles. The van der Waals surface area contributed by atoms with Gasteiger partial charge in [-0.2, -0.15) is 4.98 Å². The van der Waals surface area contributed by atoms with E-state index in [1.54, 1.807) is 0 Å². The Morgan fingerprint density at radius 3 is 2.67 bits per heavy atom. The van der Waals surface area contributed by atoms with E-state index in [1.807, 2.05) is 13.8 Å². The highest BCUT2D eigenvalue weighted by atomic mass is 16.5. The largest absolute Gasteiger partial charge is 0.476 e. The Hall–Kier alpha value is -1.56. The predicted molar refractivity (Wildman–Crippen MR) is 74.0 cm³/mol. The van der Waals surface area contributed by atoms with Gasteiger partial charge in [-0.05, 0) is 40.9 Å². The maximum absolute atomic E-state index is 5.96. The molecule has 0 aromatic carbocycles.